The predicted molar refractivity (Wildman–Crippen MR) is 112 cm³/mol. The van der Waals surface area contributed by atoms with Crippen molar-refractivity contribution in [1.82, 2.24) is 14.7 Å². The molecule has 0 bridgehead atoms. The smallest absolute Gasteiger partial charge is 0.262 e. The summed E-state index contributed by atoms with van der Waals surface area (Å²) >= 11 is 0. The molecule has 2 heterocycles. The normalized spacial score (nSPS) is 22.2. The minimum Gasteiger partial charge on any atom is -0.339 e. The van der Waals surface area contributed by atoms with Crippen LogP contribution in [-0.4, -0.2) is 71.1 Å². The Morgan fingerprint density at radius 1 is 0.844 bits per heavy atom. The largest absolute Gasteiger partial charge is 0.339 e. The number of imide groups is 1. The number of carbonyl (C=O) groups excluding carboxylic acids is 4. The maximum Gasteiger partial charge on any atom is 0.262 e. The predicted octanol–water partition coefficient (Wildman–Crippen LogP) is 1.90. The zero-order chi connectivity index (χ0) is 22.4. The molecule has 2 aromatic carbocycles. The number of hydrogen-bond acceptors (Lipinski definition) is 4. The van der Waals surface area contributed by atoms with Crippen molar-refractivity contribution < 1.29 is 23.6 Å². The molecule has 0 radical (unpaired) electrons. The molecule has 5 rings (SSSR count). The van der Waals surface area contributed by atoms with Gasteiger partial charge in [-0.1, -0.05) is 24.3 Å². The van der Waals surface area contributed by atoms with Gasteiger partial charge in [-0.05, 0) is 42.2 Å². The topological polar surface area (TPSA) is 78.0 Å². The molecule has 1 saturated heterocycles. The highest BCUT2D eigenvalue weighted by molar-refractivity contribution is 6.22. The molecule has 3 aliphatic rings. The molecule has 1 saturated carbocycles. The standard InChI is InChI=1S/C24H22FN3O4/c25-16-7-5-15(6-8-16)19-13-20(19)22(30)27-11-9-26(10-12-27)21(29)14-28-23(31)17-3-1-2-4-18(17)24(28)32/h1-8,19-20H,9-14H2/t19-,20+/m1/s1. The van der Waals surface area contributed by atoms with Crippen molar-refractivity contribution >= 4 is 23.6 Å². The molecule has 0 unspecified atom stereocenters. The molecule has 2 aromatic rings. The number of amides is 4. The number of halogens is 1. The van der Waals surface area contributed by atoms with Crippen LogP contribution in [0, 0.1) is 11.7 Å². The van der Waals surface area contributed by atoms with Crippen LogP contribution in [0.15, 0.2) is 48.5 Å². The summed E-state index contributed by atoms with van der Waals surface area (Å²) in [6.07, 6.45) is 0.753. The molecule has 4 amide bonds. The van der Waals surface area contributed by atoms with Crippen LogP contribution in [0.5, 0.6) is 0 Å². The fourth-order valence-corrected chi connectivity index (χ4v) is 4.58. The lowest BCUT2D eigenvalue weighted by Gasteiger charge is -2.35. The summed E-state index contributed by atoms with van der Waals surface area (Å²) in [5, 5.41) is 0. The maximum atomic E-state index is 13.1. The maximum absolute atomic E-state index is 13.1. The number of fused-ring (bicyclic) bond motifs is 1. The van der Waals surface area contributed by atoms with Gasteiger partial charge in [0.2, 0.25) is 11.8 Å². The molecule has 164 valence electrons. The van der Waals surface area contributed by atoms with Gasteiger partial charge in [0, 0.05) is 32.1 Å². The number of benzene rings is 2. The zero-order valence-electron chi connectivity index (χ0n) is 17.4. The Balaban J connectivity index is 1.14. The van der Waals surface area contributed by atoms with Crippen LogP contribution in [0.25, 0.3) is 0 Å². The summed E-state index contributed by atoms with van der Waals surface area (Å²) in [6, 6.07) is 12.8. The van der Waals surface area contributed by atoms with E-state index in [1.54, 1.807) is 46.2 Å². The highest BCUT2D eigenvalue weighted by Gasteiger charge is 2.46. The van der Waals surface area contributed by atoms with E-state index >= 15 is 0 Å². The highest BCUT2D eigenvalue weighted by atomic mass is 19.1. The lowest BCUT2D eigenvalue weighted by Crippen LogP contribution is -2.53. The fraction of sp³-hybridized carbons (Fsp3) is 0.333. The Kier molecular flexibility index (Phi) is 5.00. The molecule has 32 heavy (non-hydrogen) atoms. The molecule has 2 aliphatic heterocycles. The SMILES string of the molecule is O=C(CN1C(=O)c2ccccc2C1=O)N1CCN(C(=O)[C@H]2C[C@@H]2c2ccc(F)cc2)CC1. The van der Waals surface area contributed by atoms with Gasteiger partial charge in [0.25, 0.3) is 11.8 Å². The molecule has 0 spiro atoms. The van der Waals surface area contributed by atoms with Crippen molar-refractivity contribution in [2.24, 2.45) is 5.92 Å². The number of carbonyl (C=O) groups is 4. The summed E-state index contributed by atoms with van der Waals surface area (Å²) in [6.45, 7) is 1.26. The second-order valence-electron chi connectivity index (χ2n) is 8.45. The van der Waals surface area contributed by atoms with Gasteiger partial charge in [-0.15, -0.1) is 0 Å². The van der Waals surface area contributed by atoms with Gasteiger partial charge in [-0.2, -0.15) is 0 Å². The minimum atomic E-state index is -0.451. The molecule has 2 atom stereocenters. The van der Waals surface area contributed by atoms with Gasteiger partial charge in [0.1, 0.15) is 12.4 Å². The first-order chi connectivity index (χ1) is 15.4. The molecule has 1 aliphatic carbocycles. The van der Waals surface area contributed by atoms with Gasteiger partial charge in [0.05, 0.1) is 11.1 Å². The van der Waals surface area contributed by atoms with Crippen molar-refractivity contribution in [1.29, 1.82) is 0 Å². The highest BCUT2D eigenvalue weighted by Crippen LogP contribution is 2.48. The van der Waals surface area contributed by atoms with E-state index in [1.165, 1.54) is 12.1 Å². The average Bonchev–Trinajstić information content (AvgIpc) is 3.58. The van der Waals surface area contributed by atoms with Crippen LogP contribution in [-0.2, 0) is 9.59 Å². The Morgan fingerprint density at radius 3 is 2.00 bits per heavy atom. The first-order valence-electron chi connectivity index (χ1n) is 10.7. The molecule has 0 N–H and O–H groups in total. The van der Waals surface area contributed by atoms with Gasteiger partial charge >= 0.3 is 0 Å². The first kappa shape index (κ1) is 20.4. The van der Waals surface area contributed by atoms with Crippen LogP contribution in [0.3, 0.4) is 0 Å². The summed E-state index contributed by atoms with van der Waals surface area (Å²) < 4.78 is 13.1. The van der Waals surface area contributed by atoms with Gasteiger partial charge in [-0.3, -0.25) is 24.1 Å². The molecular weight excluding hydrogens is 413 g/mol. The van der Waals surface area contributed by atoms with E-state index < -0.39 is 11.8 Å². The quantitative estimate of drug-likeness (QED) is 0.688. The van der Waals surface area contributed by atoms with E-state index in [1.807, 2.05) is 0 Å². The van der Waals surface area contributed by atoms with Gasteiger partial charge < -0.3 is 9.80 Å². The molecule has 7 nitrogen and oxygen atoms in total. The van der Waals surface area contributed by atoms with E-state index in [0.29, 0.717) is 37.3 Å². The van der Waals surface area contributed by atoms with E-state index in [0.717, 1.165) is 16.9 Å². The number of hydrogen-bond donors (Lipinski definition) is 0. The van der Waals surface area contributed by atoms with Gasteiger partial charge in [0.15, 0.2) is 0 Å². The summed E-state index contributed by atoms with van der Waals surface area (Å²) in [7, 11) is 0. The van der Waals surface area contributed by atoms with Gasteiger partial charge in [-0.25, -0.2) is 4.39 Å². The lowest BCUT2D eigenvalue weighted by atomic mass is 10.1. The summed E-state index contributed by atoms with van der Waals surface area (Å²) in [5.41, 5.74) is 1.61. The summed E-state index contributed by atoms with van der Waals surface area (Å²) in [4.78, 5) is 54.9. The number of rotatable bonds is 4. The molecule has 0 aromatic heterocycles. The van der Waals surface area contributed by atoms with E-state index in [-0.39, 0.29) is 36.0 Å². The fourth-order valence-electron chi connectivity index (χ4n) is 4.58. The van der Waals surface area contributed by atoms with Crippen molar-refractivity contribution in [2.75, 3.05) is 32.7 Å². The van der Waals surface area contributed by atoms with E-state index in [4.69, 9.17) is 0 Å². The van der Waals surface area contributed by atoms with Crippen molar-refractivity contribution in [3.8, 4) is 0 Å². The Labute approximate surface area is 184 Å². The third kappa shape index (κ3) is 3.55. The van der Waals surface area contributed by atoms with Crippen molar-refractivity contribution in [3.05, 3.63) is 71.0 Å². The van der Waals surface area contributed by atoms with E-state index in [2.05, 4.69) is 0 Å². The van der Waals surface area contributed by atoms with Crippen molar-refractivity contribution in [3.63, 3.8) is 0 Å². The van der Waals surface area contributed by atoms with E-state index in [9.17, 15) is 23.6 Å². The van der Waals surface area contributed by atoms with Crippen molar-refractivity contribution in [2.45, 2.75) is 12.3 Å². The lowest BCUT2D eigenvalue weighted by molar-refractivity contribution is -0.140. The monoisotopic (exact) mass is 435 g/mol. The third-order valence-corrected chi connectivity index (χ3v) is 6.52. The molecule has 2 fully saturated rings. The van der Waals surface area contributed by atoms with Crippen LogP contribution in [0.4, 0.5) is 4.39 Å². The Bertz CT molecular complexity index is 1070. The third-order valence-electron chi connectivity index (χ3n) is 6.52. The zero-order valence-corrected chi connectivity index (χ0v) is 17.4. The van der Waals surface area contributed by atoms with Crippen LogP contribution in [0.2, 0.25) is 0 Å². The molecule has 8 heteroatoms. The molecular formula is C24H22FN3O4. The minimum absolute atomic E-state index is 0.0618. The average molecular weight is 435 g/mol. The second-order valence-corrected chi connectivity index (χ2v) is 8.45. The Hall–Kier alpha value is -3.55. The van der Waals surface area contributed by atoms with Crippen LogP contribution >= 0.6 is 0 Å². The summed E-state index contributed by atoms with van der Waals surface area (Å²) in [5.74, 6) is -1.41. The van der Waals surface area contributed by atoms with Crippen LogP contribution < -0.4 is 0 Å². The number of nitrogens with zero attached hydrogens (tertiary/aromatic N) is 3. The van der Waals surface area contributed by atoms with Crippen LogP contribution in [0.1, 0.15) is 38.6 Å². The first-order valence-corrected chi connectivity index (χ1v) is 10.7. The second kappa shape index (κ2) is 7.85. The number of piperazine rings is 1. The Morgan fingerprint density at radius 2 is 1.41 bits per heavy atom.